The summed E-state index contributed by atoms with van der Waals surface area (Å²) in [7, 11) is 0. The molecule has 3 heteroatoms. The smallest absolute Gasteiger partial charge is 0.160 e. The van der Waals surface area contributed by atoms with Crippen LogP contribution in [-0.4, -0.2) is 9.97 Å². The van der Waals surface area contributed by atoms with Crippen molar-refractivity contribution in [1.82, 2.24) is 9.97 Å². The zero-order valence-corrected chi connectivity index (χ0v) is 31.1. The highest BCUT2D eigenvalue weighted by molar-refractivity contribution is 5.93. The van der Waals surface area contributed by atoms with Gasteiger partial charge in [-0.3, -0.25) is 0 Å². The molecule has 0 aliphatic heterocycles. The average Bonchev–Trinajstić information content (AvgIpc) is 3.55. The van der Waals surface area contributed by atoms with Crippen LogP contribution in [0.1, 0.15) is 48.8 Å². The Bertz CT molecular complexity index is 2680. The summed E-state index contributed by atoms with van der Waals surface area (Å²) in [6.07, 6.45) is 6.14. The van der Waals surface area contributed by atoms with Crippen LogP contribution >= 0.6 is 0 Å². The van der Waals surface area contributed by atoms with Gasteiger partial charge < -0.3 is 0 Å². The molecule has 1 aromatic heterocycles. The number of rotatable bonds is 6. The van der Waals surface area contributed by atoms with Crippen molar-refractivity contribution < 1.29 is 0 Å². The van der Waals surface area contributed by atoms with Gasteiger partial charge in [-0.15, -0.1) is 0 Å². The number of hydrogen-bond acceptors (Lipinski definition) is 3. The summed E-state index contributed by atoms with van der Waals surface area (Å²) in [6, 6.07) is 64.7. The van der Waals surface area contributed by atoms with Gasteiger partial charge in [-0.1, -0.05) is 177 Å². The molecular formula is C53H39N3. The lowest BCUT2D eigenvalue weighted by Crippen LogP contribution is -2.28. The maximum Gasteiger partial charge on any atom is 0.160 e. The second-order valence-corrected chi connectivity index (χ2v) is 15.2. The fourth-order valence-electron chi connectivity index (χ4n) is 9.16. The summed E-state index contributed by atoms with van der Waals surface area (Å²) in [5.41, 5.74) is 18.3. The fourth-order valence-corrected chi connectivity index (χ4v) is 9.16. The predicted molar refractivity (Wildman–Crippen MR) is 229 cm³/mol. The minimum absolute atomic E-state index is 0.0582. The van der Waals surface area contributed by atoms with E-state index in [1.807, 2.05) is 42.5 Å². The molecule has 1 fully saturated rings. The highest BCUT2D eigenvalue weighted by Gasteiger charge is 2.44. The monoisotopic (exact) mass is 717 g/mol. The van der Waals surface area contributed by atoms with Gasteiger partial charge >= 0.3 is 0 Å². The number of benzene rings is 7. The largest absolute Gasteiger partial charge is 0.228 e. The van der Waals surface area contributed by atoms with E-state index in [1.165, 1.54) is 82.2 Å². The van der Waals surface area contributed by atoms with E-state index in [1.54, 1.807) is 0 Å². The molecule has 0 amide bonds. The molecule has 2 aliphatic rings. The first-order chi connectivity index (χ1) is 27.7. The summed E-state index contributed by atoms with van der Waals surface area (Å²) in [6.45, 7) is 0. The molecule has 1 heterocycles. The van der Waals surface area contributed by atoms with E-state index < -0.39 is 0 Å². The molecule has 2 aliphatic carbocycles. The van der Waals surface area contributed by atoms with Gasteiger partial charge in [0.2, 0.25) is 0 Å². The van der Waals surface area contributed by atoms with Crippen LogP contribution in [-0.2, 0) is 5.41 Å². The average molecular weight is 718 g/mol. The third-order valence-electron chi connectivity index (χ3n) is 12.0. The van der Waals surface area contributed by atoms with Crippen molar-refractivity contribution in [3.63, 3.8) is 0 Å². The zero-order chi connectivity index (χ0) is 37.5. The number of aromatic nitrogens is 2. The third kappa shape index (κ3) is 5.92. The number of nitriles is 1. The van der Waals surface area contributed by atoms with Crippen LogP contribution in [0, 0.1) is 11.3 Å². The van der Waals surface area contributed by atoms with Gasteiger partial charge in [0.1, 0.15) is 0 Å². The quantitative estimate of drug-likeness (QED) is 0.172. The maximum atomic E-state index is 9.81. The van der Waals surface area contributed by atoms with Crippen LogP contribution in [0.2, 0.25) is 0 Å². The summed E-state index contributed by atoms with van der Waals surface area (Å²) >= 11 is 0. The first-order valence-corrected chi connectivity index (χ1v) is 19.7. The van der Waals surface area contributed by atoms with Crippen LogP contribution in [0.3, 0.4) is 0 Å². The van der Waals surface area contributed by atoms with Crippen molar-refractivity contribution in [2.24, 2.45) is 0 Å². The van der Waals surface area contributed by atoms with Crippen molar-refractivity contribution in [3.05, 3.63) is 193 Å². The summed E-state index contributed by atoms with van der Waals surface area (Å²) in [5, 5.41) is 9.81. The van der Waals surface area contributed by atoms with E-state index in [4.69, 9.17) is 9.97 Å². The second-order valence-electron chi connectivity index (χ2n) is 15.2. The Kier molecular flexibility index (Phi) is 8.46. The van der Waals surface area contributed by atoms with E-state index >= 15 is 0 Å². The highest BCUT2D eigenvalue weighted by Crippen LogP contribution is 2.58. The Morgan fingerprint density at radius 1 is 0.411 bits per heavy atom. The molecule has 0 atom stereocenters. The van der Waals surface area contributed by atoms with Gasteiger partial charge in [0, 0.05) is 22.1 Å². The lowest BCUT2D eigenvalue weighted by atomic mass is 9.67. The van der Waals surface area contributed by atoms with Crippen molar-refractivity contribution in [2.75, 3.05) is 0 Å². The Labute approximate surface area is 328 Å². The standard InChI is InChI=1S/C53H39N3/c54-35-36-17-30-47-46(33-36)51-45(15-10-16-48(51)53(47)31-8-3-9-32-53)41-26-22-39(23-27-41)37-18-20-38(21-19-37)40-24-28-43(29-25-40)50-34-49(42-11-4-1-5-12-42)55-52(56-50)44-13-6-2-7-14-44/h1-2,4-7,10-30,33-34H,3,8-9,31-32H2. The second kappa shape index (κ2) is 14.1. The number of hydrogen-bond donors (Lipinski definition) is 0. The van der Waals surface area contributed by atoms with Crippen molar-refractivity contribution in [1.29, 1.82) is 5.26 Å². The molecule has 266 valence electrons. The van der Waals surface area contributed by atoms with Crippen molar-refractivity contribution >= 4 is 0 Å². The molecule has 3 nitrogen and oxygen atoms in total. The van der Waals surface area contributed by atoms with Gasteiger partial charge in [-0.05, 0) is 86.7 Å². The van der Waals surface area contributed by atoms with Crippen LogP contribution in [0.5, 0.6) is 0 Å². The Balaban J connectivity index is 0.921. The number of nitrogens with zero attached hydrogens (tertiary/aromatic N) is 3. The molecule has 8 aromatic rings. The molecule has 0 unspecified atom stereocenters. The molecule has 0 bridgehead atoms. The molecule has 7 aromatic carbocycles. The van der Waals surface area contributed by atoms with Crippen molar-refractivity contribution in [2.45, 2.75) is 37.5 Å². The van der Waals surface area contributed by atoms with E-state index in [-0.39, 0.29) is 5.41 Å². The van der Waals surface area contributed by atoms with E-state index in [2.05, 4.69) is 140 Å². The van der Waals surface area contributed by atoms with Crippen LogP contribution < -0.4 is 0 Å². The van der Waals surface area contributed by atoms with Gasteiger partial charge in [-0.2, -0.15) is 5.26 Å². The minimum atomic E-state index is 0.0582. The molecule has 10 rings (SSSR count). The molecule has 0 saturated heterocycles. The van der Waals surface area contributed by atoms with Gasteiger partial charge in [0.25, 0.3) is 0 Å². The normalized spacial score (nSPS) is 13.8. The number of fused-ring (bicyclic) bond motifs is 5. The van der Waals surface area contributed by atoms with Gasteiger partial charge in [-0.25, -0.2) is 9.97 Å². The highest BCUT2D eigenvalue weighted by atomic mass is 14.9. The Morgan fingerprint density at radius 3 is 1.50 bits per heavy atom. The molecule has 0 N–H and O–H groups in total. The first kappa shape index (κ1) is 33.7. The van der Waals surface area contributed by atoms with Crippen LogP contribution in [0.4, 0.5) is 0 Å². The zero-order valence-electron chi connectivity index (χ0n) is 31.1. The third-order valence-corrected chi connectivity index (χ3v) is 12.0. The Hall–Kier alpha value is -6.89. The summed E-state index contributed by atoms with van der Waals surface area (Å²) in [5.74, 6) is 0.717. The van der Waals surface area contributed by atoms with Gasteiger partial charge in [0.15, 0.2) is 5.82 Å². The lowest BCUT2D eigenvalue weighted by molar-refractivity contribution is 0.353. The van der Waals surface area contributed by atoms with Crippen molar-refractivity contribution in [3.8, 4) is 84.5 Å². The molecule has 56 heavy (non-hydrogen) atoms. The van der Waals surface area contributed by atoms with Crippen LogP contribution in [0.25, 0.3) is 78.4 Å². The first-order valence-electron chi connectivity index (χ1n) is 19.7. The van der Waals surface area contributed by atoms with E-state index in [0.717, 1.165) is 45.0 Å². The predicted octanol–water partition coefficient (Wildman–Crippen LogP) is 13.6. The molecule has 0 radical (unpaired) electrons. The lowest BCUT2D eigenvalue weighted by Gasteiger charge is -2.36. The summed E-state index contributed by atoms with van der Waals surface area (Å²) < 4.78 is 0. The minimum Gasteiger partial charge on any atom is -0.228 e. The SMILES string of the molecule is N#Cc1ccc2c(c1)-c1c(-c3ccc(-c4ccc(-c5ccc(-c6cc(-c7ccccc7)nc(-c7ccccc7)n6)cc5)cc4)cc3)cccc1C21CCCCC1. The van der Waals surface area contributed by atoms with Gasteiger partial charge in [0.05, 0.1) is 23.0 Å². The van der Waals surface area contributed by atoms with Crippen LogP contribution in [0.15, 0.2) is 176 Å². The Morgan fingerprint density at radius 2 is 0.929 bits per heavy atom. The molecule has 1 spiro atoms. The molecule has 1 saturated carbocycles. The maximum absolute atomic E-state index is 9.81. The van der Waals surface area contributed by atoms with E-state index in [9.17, 15) is 5.26 Å². The summed E-state index contributed by atoms with van der Waals surface area (Å²) in [4.78, 5) is 9.94. The molecular weight excluding hydrogens is 679 g/mol. The van der Waals surface area contributed by atoms with E-state index in [0.29, 0.717) is 0 Å². The topological polar surface area (TPSA) is 49.6 Å². The fraction of sp³-hybridized carbons (Fsp3) is 0.113.